The second-order valence-corrected chi connectivity index (χ2v) is 6.99. The molecule has 2 aromatic heterocycles. The minimum atomic E-state index is -0.0455. The molecule has 2 aliphatic rings. The lowest BCUT2D eigenvalue weighted by Crippen LogP contribution is -2.32. The maximum Gasteiger partial charge on any atom is 0.276 e. The zero-order valence-corrected chi connectivity index (χ0v) is 14.7. The Morgan fingerprint density at radius 1 is 1.24 bits per heavy atom. The van der Waals surface area contributed by atoms with Gasteiger partial charge in [-0.15, -0.1) is 0 Å². The molecular formula is C18H23N5O2. The van der Waals surface area contributed by atoms with Gasteiger partial charge < -0.3 is 14.3 Å². The summed E-state index contributed by atoms with van der Waals surface area (Å²) < 4.78 is 5.43. The number of amides is 1. The molecule has 0 bridgehead atoms. The van der Waals surface area contributed by atoms with Crippen LogP contribution in [0.4, 0.5) is 5.82 Å². The van der Waals surface area contributed by atoms with Crippen molar-refractivity contribution in [1.29, 1.82) is 0 Å². The molecule has 0 spiro atoms. The van der Waals surface area contributed by atoms with Crippen molar-refractivity contribution in [2.24, 2.45) is 0 Å². The summed E-state index contributed by atoms with van der Waals surface area (Å²) in [5.41, 5.74) is 2.35. The summed E-state index contributed by atoms with van der Waals surface area (Å²) >= 11 is 0. The molecule has 0 saturated carbocycles. The molecule has 1 aliphatic carbocycles. The van der Waals surface area contributed by atoms with Gasteiger partial charge in [0.05, 0.1) is 24.1 Å². The van der Waals surface area contributed by atoms with E-state index >= 15 is 0 Å². The number of aryl methyl sites for hydroxylation is 1. The van der Waals surface area contributed by atoms with Crippen LogP contribution in [0.25, 0.3) is 0 Å². The molecule has 132 valence electrons. The highest BCUT2D eigenvalue weighted by Crippen LogP contribution is 2.34. The number of fused-ring (bicyclic) bond motifs is 1. The van der Waals surface area contributed by atoms with Gasteiger partial charge in [0, 0.05) is 32.6 Å². The molecule has 1 fully saturated rings. The first-order chi connectivity index (χ1) is 12.1. The predicted molar refractivity (Wildman–Crippen MR) is 92.5 cm³/mol. The summed E-state index contributed by atoms with van der Waals surface area (Å²) in [6.07, 6.45) is 9.33. The Balaban J connectivity index is 1.62. The second kappa shape index (κ2) is 6.46. The number of carbonyl (C=O) groups excluding carboxylic acids is 1. The van der Waals surface area contributed by atoms with E-state index in [9.17, 15) is 4.79 Å². The summed E-state index contributed by atoms with van der Waals surface area (Å²) in [4.78, 5) is 25.9. The second-order valence-electron chi connectivity index (χ2n) is 6.99. The van der Waals surface area contributed by atoms with Crippen LogP contribution < -0.4 is 4.90 Å². The van der Waals surface area contributed by atoms with E-state index in [2.05, 4.69) is 15.1 Å². The van der Waals surface area contributed by atoms with Crippen LogP contribution in [-0.2, 0) is 12.8 Å². The molecule has 4 rings (SSSR count). The van der Waals surface area contributed by atoms with E-state index in [-0.39, 0.29) is 11.9 Å². The standard InChI is InChI=1S/C18H23N5O2/c1-22(2)16-11-19-10-13(20-16)14-7-5-9-23(14)18(24)17-12-6-3-4-8-15(12)25-21-17/h10-11,14H,3-9H2,1-2H3. The van der Waals surface area contributed by atoms with Gasteiger partial charge in [0.1, 0.15) is 11.6 Å². The summed E-state index contributed by atoms with van der Waals surface area (Å²) in [6.45, 7) is 0.721. The minimum absolute atomic E-state index is 0.0357. The summed E-state index contributed by atoms with van der Waals surface area (Å²) in [5, 5.41) is 4.11. The molecule has 2 aromatic rings. The van der Waals surface area contributed by atoms with Crippen molar-refractivity contribution in [3.8, 4) is 0 Å². The fraction of sp³-hybridized carbons (Fsp3) is 0.556. The predicted octanol–water partition coefficient (Wildman–Crippen LogP) is 2.39. The molecule has 0 N–H and O–H groups in total. The Morgan fingerprint density at radius 2 is 2.08 bits per heavy atom. The molecule has 3 heterocycles. The Morgan fingerprint density at radius 3 is 2.92 bits per heavy atom. The first-order valence-corrected chi connectivity index (χ1v) is 8.93. The number of hydrogen-bond donors (Lipinski definition) is 0. The highest BCUT2D eigenvalue weighted by molar-refractivity contribution is 5.94. The maximum atomic E-state index is 13.1. The number of nitrogens with zero attached hydrogens (tertiary/aromatic N) is 5. The zero-order valence-electron chi connectivity index (χ0n) is 14.7. The minimum Gasteiger partial charge on any atom is -0.361 e. The van der Waals surface area contributed by atoms with E-state index in [0.717, 1.165) is 67.9 Å². The lowest BCUT2D eigenvalue weighted by Gasteiger charge is -2.24. The monoisotopic (exact) mass is 341 g/mol. The van der Waals surface area contributed by atoms with Crippen LogP contribution in [0.5, 0.6) is 0 Å². The number of anilines is 1. The van der Waals surface area contributed by atoms with Crippen molar-refractivity contribution in [2.75, 3.05) is 25.5 Å². The average molecular weight is 341 g/mol. The number of likely N-dealkylation sites (tertiary alicyclic amines) is 1. The van der Waals surface area contributed by atoms with Crippen molar-refractivity contribution in [3.05, 3.63) is 35.1 Å². The Kier molecular flexibility index (Phi) is 4.15. The molecule has 1 unspecified atom stereocenters. The summed E-state index contributed by atoms with van der Waals surface area (Å²) in [6, 6.07) is -0.0455. The van der Waals surface area contributed by atoms with Crippen molar-refractivity contribution in [3.63, 3.8) is 0 Å². The quantitative estimate of drug-likeness (QED) is 0.853. The summed E-state index contributed by atoms with van der Waals surface area (Å²) in [7, 11) is 3.88. The fourth-order valence-corrected chi connectivity index (χ4v) is 3.75. The number of aromatic nitrogens is 3. The van der Waals surface area contributed by atoms with E-state index in [1.54, 1.807) is 12.4 Å². The molecule has 7 heteroatoms. The summed E-state index contributed by atoms with van der Waals surface area (Å²) in [5.74, 6) is 1.65. The highest BCUT2D eigenvalue weighted by atomic mass is 16.5. The van der Waals surface area contributed by atoms with E-state index in [1.165, 1.54) is 0 Å². The highest BCUT2D eigenvalue weighted by Gasteiger charge is 2.35. The molecule has 0 aromatic carbocycles. The van der Waals surface area contributed by atoms with Crippen LogP contribution in [-0.4, -0.2) is 46.6 Å². The number of hydrogen-bond acceptors (Lipinski definition) is 6. The van der Waals surface area contributed by atoms with Crippen molar-refractivity contribution < 1.29 is 9.32 Å². The molecule has 0 radical (unpaired) electrons. The molecule has 7 nitrogen and oxygen atoms in total. The smallest absolute Gasteiger partial charge is 0.276 e. The van der Waals surface area contributed by atoms with E-state index in [1.807, 2.05) is 23.9 Å². The Labute approximate surface area is 147 Å². The average Bonchev–Trinajstić information content (AvgIpc) is 3.28. The number of rotatable bonds is 3. The van der Waals surface area contributed by atoms with E-state index < -0.39 is 0 Å². The zero-order chi connectivity index (χ0) is 17.4. The Hall–Kier alpha value is -2.44. The van der Waals surface area contributed by atoms with Crippen LogP contribution in [0.2, 0.25) is 0 Å². The van der Waals surface area contributed by atoms with Gasteiger partial charge in [-0.1, -0.05) is 5.16 Å². The maximum absolute atomic E-state index is 13.1. The Bertz CT molecular complexity index is 786. The van der Waals surface area contributed by atoms with Gasteiger partial charge in [0.2, 0.25) is 0 Å². The van der Waals surface area contributed by atoms with Gasteiger partial charge in [-0.3, -0.25) is 9.78 Å². The largest absolute Gasteiger partial charge is 0.361 e. The topological polar surface area (TPSA) is 75.4 Å². The van der Waals surface area contributed by atoms with Gasteiger partial charge >= 0.3 is 0 Å². The van der Waals surface area contributed by atoms with Crippen molar-refractivity contribution >= 4 is 11.7 Å². The fourth-order valence-electron chi connectivity index (χ4n) is 3.75. The number of carbonyl (C=O) groups is 1. The van der Waals surface area contributed by atoms with E-state index in [0.29, 0.717) is 5.69 Å². The first-order valence-electron chi connectivity index (χ1n) is 8.93. The lowest BCUT2D eigenvalue weighted by molar-refractivity contribution is 0.0721. The van der Waals surface area contributed by atoms with Gasteiger partial charge in [0.25, 0.3) is 5.91 Å². The van der Waals surface area contributed by atoms with Gasteiger partial charge in [0.15, 0.2) is 5.69 Å². The molecule has 1 atom stereocenters. The molecular weight excluding hydrogens is 318 g/mol. The molecule has 1 amide bonds. The lowest BCUT2D eigenvalue weighted by atomic mass is 9.96. The van der Waals surface area contributed by atoms with Crippen molar-refractivity contribution in [1.82, 2.24) is 20.0 Å². The third kappa shape index (κ3) is 2.88. The van der Waals surface area contributed by atoms with Crippen molar-refractivity contribution in [2.45, 2.75) is 44.6 Å². The molecule has 1 aliphatic heterocycles. The molecule has 1 saturated heterocycles. The van der Waals surface area contributed by atoms with Crippen LogP contribution in [0, 0.1) is 0 Å². The first kappa shape index (κ1) is 16.1. The van der Waals surface area contributed by atoms with Crippen LogP contribution in [0.3, 0.4) is 0 Å². The normalized spacial score (nSPS) is 19.8. The van der Waals surface area contributed by atoms with Gasteiger partial charge in [-0.25, -0.2) is 4.98 Å². The van der Waals surface area contributed by atoms with Crippen LogP contribution in [0.1, 0.15) is 59.2 Å². The van der Waals surface area contributed by atoms with Gasteiger partial charge in [-0.05, 0) is 32.1 Å². The third-order valence-corrected chi connectivity index (χ3v) is 5.11. The SMILES string of the molecule is CN(C)c1cncc(C2CCCN2C(=O)c2noc3c2CCCC3)n1. The third-order valence-electron chi connectivity index (χ3n) is 5.11. The molecule has 25 heavy (non-hydrogen) atoms. The van der Waals surface area contributed by atoms with E-state index in [4.69, 9.17) is 4.52 Å². The van der Waals surface area contributed by atoms with Crippen LogP contribution in [0.15, 0.2) is 16.9 Å². The van der Waals surface area contributed by atoms with Crippen LogP contribution >= 0.6 is 0 Å². The van der Waals surface area contributed by atoms with Gasteiger partial charge in [-0.2, -0.15) is 0 Å².